The molecule has 0 bridgehead atoms. The topological polar surface area (TPSA) is 38.7 Å². The van der Waals surface area contributed by atoms with E-state index < -0.39 is 18.1 Å². The van der Waals surface area contributed by atoms with E-state index in [0.29, 0.717) is 5.75 Å². The van der Waals surface area contributed by atoms with Crippen LogP contribution in [0.25, 0.3) is 0 Å². The largest absolute Gasteiger partial charge is 0.504 e. The van der Waals surface area contributed by atoms with E-state index in [2.05, 4.69) is 32.8 Å². The molecule has 0 aromatic heterocycles. The Morgan fingerprint density at radius 2 is 1.79 bits per heavy atom. The van der Waals surface area contributed by atoms with Crippen LogP contribution in [0.3, 0.4) is 0 Å². The van der Waals surface area contributed by atoms with Crippen LogP contribution < -0.4 is 4.74 Å². The van der Waals surface area contributed by atoms with Crippen molar-refractivity contribution in [1.29, 1.82) is 0 Å². The first-order valence-corrected chi connectivity index (χ1v) is 12.1. The molecule has 0 radical (unpaired) electrons. The molecule has 1 N–H and O–H groups in total. The fourth-order valence-corrected chi connectivity index (χ4v) is 5.91. The molecule has 1 rings (SSSR count). The number of phenols is 1. The van der Waals surface area contributed by atoms with Crippen LogP contribution in [-0.2, 0) is 10.5 Å². The summed E-state index contributed by atoms with van der Waals surface area (Å²) in [6.45, 7) is 12.5. The van der Waals surface area contributed by atoms with Gasteiger partial charge in [-0.25, -0.2) is 0 Å². The van der Waals surface area contributed by atoms with Gasteiger partial charge in [-0.1, -0.05) is 12.1 Å². The predicted octanol–water partition coefficient (Wildman–Crippen LogP) is 3.10. The molecule has 1 aromatic carbocycles. The van der Waals surface area contributed by atoms with E-state index in [1.54, 1.807) is 12.1 Å². The second-order valence-electron chi connectivity index (χ2n) is 4.73. The van der Waals surface area contributed by atoms with Crippen LogP contribution in [0.1, 0.15) is 5.56 Å². The minimum atomic E-state index is -0.667. The zero-order chi connectivity index (χ0) is 14.8. The van der Waals surface area contributed by atoms with Crippen molar-refractivity contribution in [3.05, 3.63) is 36.4 Å². The van der Waals surface area contributed by atoms with E-state index in [0.717, 1.165) is 12.0 Å². The average Bonchev–Trinajstić information content (AvgIpc) is 2.31. The SMILES string of the molecule is C=CCc1ccc(O)c(OC)c1.C[SiH](C)O[SiH](C)C. The van der Waals surface area contributed by atoms with E-state index in [9.17, 15) is 5.11 Å². The molecule has 5 heteroatoms. The van der Waals surface area contributed by atoms with E-state index in [1.807, 2.05) is 12.1 Å². The molecule has 1 aromatic rings. The van der Waals surface area contributed by atoms with Gasteiger partial charge in [0.25, 0.3) is 0 Å². The minimum Gasteiger partial charge on any atom is -0.504 e. The van der Waals surface area contributed by atoms with Gasteiger partial charge in [-0.2, -0.15) is 0 Å². The van der Waals surface area contributed by atoms with Crippen LogP contribution in [0.15, 0.2) is 30.9 Å². The van der Waals surface area contributed by atoms with Crippen molar-refractivity contribution in [2.45, 2.75) is 32.6 Å². The molecule has 0 aliphatic heterocycles. The lowest BCUT2D eigenvalue weighted by Crippen LogP contribution is -2.17. The highest BCUT2D eigenvalue weighted by atomic mass is 28.4. The molecule has 0 saturated carbocycles. The van der Waals surface area contributed by atoms with Gasteiger partial charge < -0.3 is 14.0 Å². The maximum atomic E-state index is 9.25. The van der Waals surface area contributed by atoms with Crippen molar-refractivity contribution >= 4 is 18.1 Å². The molecule has 108 valence electrons. The Morgan fingerprint density at radius 1 is 1.21 bits per heavy atom. The van der Waals surface area contributed by atoms with E-state index >= 15 is 0 Å². The Balaban J connectivity index is 0.000000399. The number of rotatable bonds is 5. The molecule has 0 saturated heterocycles. The van der Waals surface area contributed by atoms with E-state index in [4.69, 9.17) is 8.85 Å². The maximum Gasteiger partial charge on any atom is 0.160 e. The van der Waals surface area contributed by atoms with Gasteiger partial charge in [0.2, 0.25) is 0 Å². The number of hydrogen-bond acceptors (Lipinski definition) is 3. The molecule has 19 heavy (non-hydrogen) atoms. The van der Waals surface area contributed by atoms with E-state index in [1.165, 1.54) is 7.11 Å². The summed E-state index contributed by atoms with van der Waals surface area (Å²) in [5, 5.41) is 9.25. The molecule has 0 unspecified atom stereocenters. The zero-order valence-corrected chi connectivity index (χ0v) is 15.0. The lowest BCUT2D eigenvalue weighted by atomic mass is 10.1. The quantitative estimate of drug-likeness (QED) is 0.670. The third-order valence-corrected chi connectivity index (χ3v) is 6.52. The molecule has 0 aliphatic carbocycles. The van der Waals surface area contributed by atoms with Gasteiger partial charge >= 0.3 is 0 Å². The Kier molecular flexibility index (Phi) is 9.29. The summed E-state index contributed by atoms with van der Waals surface area (Å²) >= 11 is 0. The van der Waals surface area contributed by atoms with E-state index in [-0.39, 0.29) is 5.75 Å². The highest BCUT2D eigenvalue weighted by molar-refractivity contribution is 6.63. The van der Waals surface area contributed by atoms with Crippen LogP contribution in [-0.4, -0.2) is 30.3 Å². The first-order valence-electron chi connectivity index (χ1n) is 6.52. The average molecular weight is 299 g/mol. The smallest absolute Gasteiger partial charge is 0.160 e. The molecular weight excluding hydrogens is 272 g/mol. The molecule has 0 aliphatic rings. The summed E-state index contributed by atoms with van der Waals surface area (Å²) in [4.78, 5) is 0. The molecule has 3 nitrogen and oxygen atoms in total. The van der Waals surface area contributed by atoms with Gasteiger partial charge in [0.1, 0.15) is 0 Å². The third kappa shape index (κ3) is 8.63. The monoisotopic (exact) mass is 298 g/mol. The first-order chi connectivity index (χ1) is 8.90. The summed E-state index contributed by atoms with van der Waals surface area (Å²) in [7, 11) is 0.201. The molecule has 0 atom stereocenters. The Hall–Kier alpha value is -1.05. The maximum absolute atomic E-state index is 9.25. The summed E-state index contributed by atoms with van der Waals surface area (Å²) in [5.74, 6) is 0.680. The summed E-state index contributed by atoms with van der Waals surface area (Å²) in [6.07, 6.45) is 2.60. The Labute approximate surface area is 120 Å². The van der Waals surface area contributed by atoms with Crippen LogP contribution in [0.2, 0.25) is 26.2 Å². The normalized spacial score (nSPS) is 10.1. The standard InChI is InChI=1S/C10H12O2.C4H14OSi2/c1-3-4-8-5-6-9(11)10(7-8)12-2;1-6(2)5-7(3)4/h3,5-7,11H,1,4H2,2H3;6-7H,1-4H3. The fourth-order valence-electron chi connectivity index (χ4n) is 1.56. The predicted molar refractivity (Wildman–Crippen MR) is 87.4 cm³/mol. The minimum absolute atomic E-state index is 0.172. The fraction of sp³-hybridized carbons (Fsp3) is 0.429. The van der Waals surface area contributed by atoms with Crippen molar-refractivity contribution in [3.63, 3.8) is 0 Å². The first kappa shape index (κ1) is 18.0. The lowest BCUT2D eigenvalue weighted by molar-refractivity contribution is 0.373. The van der Waals surface area contributed by atoms with Crippen molar-refractivity contribution < 1.29 is 14.0 Å². The summed E-state index contributed by atoms with van der Waals surface area (Å²) < 4.78 is 10.5. The number of hydrogen-bond donors (Lipinski definition) is 1. The van der Waals surface area contributed by atoms with Gasteiger partial charge in [0.15, 0.2) is 29.6 Å². The number of phenolic OH excluding ortho intramolecular Hbond substituents is 1. The van der Waals surface area contributed by atoms with Gasteiger partial charge in [-0.3, -0.25) is 0 Å². The third-order valence-electron chi connectivity index (χ3n) is 2.17. The summed E-state index contributed by atoms with van der Waals surface area (Å²) in [6, 6.07) is 5.27. The van der Waals surface area contributed by atoms with Crippen molar-refractivity contribution in [2.24, 2.45) is 0 Å². The van der Waals surface area contributed by atoms with Gasteiger partial charge in [0, 0.05) is 0 Å². The number of methoxy groups -OCH3 is 1. The van der Waals surface area contributed by atoms with Crippen LogP contribution in [0.4, 0.5) is 0 Å². The number of allylic oxidation sites excluding steroid dienone is 1. The molecular formula is C14H26O3Si2. The number of aromatic hydroxyl groups is 1. The number of ether oxygens (including phenoxy) is 1. The van der Waals surface area contributed by atoms with Crippen LogP contribution >= 0.6 is 0 Å². The van der Waals surface area contributed by atoms with Crippen LogP contribution in [0, 0.1) is 0 Å². The molecule has 0 fully saturated rings. The van der Waals surface area contributed by atoms with Crippen molar-refractivity contribution in [1.82, 2.24) is 0 Å². The molecule has 0 spiro atoms. The molecule has 0 amide bonds. The highest BCUT2D eigenvalue weighted by Gasteiger charge is 2.00. The van der Waals surface area contributed by atoms with Gasteiger partial charge in [-0.05, 0) is 50.3 Å². The highest BCUT2D eigenvalue weighted by Crippen LogP contribution is 2.26. The van der Waals surface area contributed by atoms with Crippen molar-refractivity contribution in [3.8, 4) is 11.5 Å². The summed E-state index contributed by atoms with van der Waals surface area (Å²) in [5.41, 5.74) is 1.08. The Bertz CT molecular complexity index is 373. The van der Waals surface area contributed by atoms with Crippen LogP contribution in [0.5, 0.6) is 11.5 Å². The second kappa shape index (κ2) is 9.83. The zero-order valence-electron chi connectivity index (χ0n) is 12.6. The Morgan fingerprint density at radius 3 is 2.16 bits per heavy atom. The number of benzene rings is 1. The van der Waals surface area contributed by atoms with Gasteiger partial charge in [0.05, 0.1) is 7.11 Å². The lowest BCUT2D eigenvalue weighted by Gasteiger charge is -2.07. The second-order valence-corrected chi connectivity index (χ2v) is 10.0. The van der Waals surface area contributed by atoms with Gasteiger partial charge in [-0.15, -0.1) is 6.58 Å². The van der Waals surface area contributed by atoms with Crippen molar-refractivity contribution in [2.75, 3.05) is 7.11 Å². The molecule has 0 heterocycles.